The second-order valence-electron chi connectivity index (χ2n) is 7.06. The molecule has 24 heavy (non-hydrogen) atoms. The van der Waals surface area contributed by atoms with Crippen LogP contribution in [0, 0.1) is 5.92 Å². The Kier molecular flexibility index (Phi) is 5.11. The van der Waals surface area contributed by atoms with Crippen molar-refractivity contribution in [1.82, 2.24) is 4.90 Å². The van der Waals surface area contributed by atoms with E-state index in [0.29, 0.717) is 19.6 Å². The predicted octanol–water partition coefficient (Wildman–Crippen LogP) is 2.24. The largest absolute Gasteiger partial charge is 0.494 e. The highest BCUT2D eigenvalue weighted by Gasteiger charge is 2.49. The molecule has 0 aromatic heterocycles. The van der Waals surface area contributed by atoms with Crippen LogP contribution in [0.25, 0.3) is 0 Å². The van der Waals surface area contributed by atoms with E-state index in [1.165, 1.54) is 0 Å². The van der Waals surface area contributed by atoms with E-state index in [1.54, 1.807) is 0 Å². The van der Waals surface area contributed by atoms with E-state index < -0.39 is 5.60 Å². The van der Waals surface area contributed by atoms with Gasteiger partial charge in [0.1, 0.15) is 5.75 Å². The summed E-state index contributed by atoms with van der Waals surface area (Å²) in [5.74, 6) is 0.630. The van der Waals surface area contributed by atoms with Crippen molar-refractivity contribution in [2.45, 2.75) is 50.7 Å². The fourth-order valence-electron chi connectivity index (χ4n) is 4.55. The van der Waals surface area contributed by atoms with Crippen molar-refractivity contribution in [2.75, 3.05) is 19.7 Å². The zero-order valence-electron chi connectivity index (χ0n) is 14.4. The number of benzene rings is 1. The number of nitrogens with two attached hydrogens (primary N) is 1. The van der Waals surface area contributed by atoms with Crippen molar-refractivity contribution >= 4 is 5.91 Å². The van der Waals surface area contributed by atoms with Crippen LogP contribution in [0.5, 0.6) is 5.75 Å². The Morgan fingerprint density at radius 2 is 2.17 bits per heavy atom. The summed E-state index contributed by atoms with van der Waals surface area (Å²) < 4.78 is 5.83. The van der Waals surface area contributed by atoms with Crippen molar-refractivity contribution < 1.29 is 14.6 Å². The molecule has 3 N–H and O–H groups in total. The van der Waals surface area contributed by atoms with Gasteiger partial charge in [0, 0.05) is 24.1 Å². The lowest BCUT2D eigenvalue weighted by Crippen LogP contribution is -2.56. The van der Waals surface area contributed by atoms with E-state index in [1.807, 2.05) is 25.1 Å². The number of fused-ring (bicyclic) bond motifs is 1. The molecule has 2 aliphatic rings. The van der Waals surface area contributed by atoms with E-state index in [9.17, 15) is 9.90 Å². The van der Waals surface area contributed by atoms with Crippen LogP contribution < -0.4 is 10.5 Å². The van der Waals surface area contributed by atoms with E-state index in [0.717, 1.165) is 37.0 Å². The van der Waals surface area contributed by atoms with Crippen LogP contribution in [0.2, 0.25) is 0 Å². The zero-order valence-corrected chi connectivity index (χ0v) is 14.4. The zero-order chi connectivity index (χ0) is 17.2. The third-order valence-corrected chi connectivity index (χ3v) is 5.57. The van der Waals surface area contributed by atoms with E-state index in [4.69, 9.17) is 10.5 Å². The van der Waals surface area contributed by atoms with Crippen LogP contribution in [-0.4, -0.2) is 41.2 Å². The molecule has 1 aromatic rings. The number of primary amides is 1. The van der Waals surface area contributed by atoms with Crippen molar-refractivity contribution in [3.8, 4) is 5.75 Å². The van der Waals surface area contributed by atoms with Crippen LogP contribution in [0.1, 0.15) is 50.6 Å². The minimum absolute atomic E-state index is 0.0284. The number of amides is 1. The molecule has 3 rings (SSSR count). The summed E-state index contributed by atoms with van der Waals surface area (Å²) in [6.07, 6.45) is 4.71. The summed E-state index contributed by atoms with van der Waals surface area (Å²) in [6, 6.07) is 7.96. The Balaban J connectivity index is 2.01. The molecule has 1 aliphatic heterocycles. The highest BCUT2D eigenvalue weighted by Crippen LogP contribution is 2.50. The lowest BCUT2D eigenvalue weighted by molar-refractivity contribution is -0.136. The molecule has 1 saturated heterocycles. The van der Waals surface area contributed by atoms with Crippen LogP contribution >= 0.6 is 0 Å². The van der Waals surface area contributed by atoms with E-state index >= 15 is 0 Å². The van der Waals surface area contributed by atoms with Crippen molar-refractivity contribution in [3.05, 3.63) is 29.8 Å². The van der Waals surface area contributed by atoms with Gasteiger partial charge in [-0.1, -0.05) is 31.0 Å². The van der Waals surface area contributed by atoms with Crippen molar-refractivity contribution in [3.63, 3.8) is 0 Å². The predicted molar refractivity (Wildman–Crippen MR) is 92.6 cm³/mol. The second kappa shape index (κ2) is 7.11. The van der Waals surface area contributed by atoms with Gasteiger partial charge in [-0.05, 0) is 32.3 Å². The number of hydrogen-bond acceptors (Lipinski definition) is 4. The standard InChI is InChI=1S/C19H28N2O3/c1-2-24-16-9-4-3-7-14(16)18-15-8-5-6-10-19(15,23)11-12-21(18)13-17(20)22/h3-4,7,9,15,18,23H,2,5-6,8,10-13H2,1H3,(H2,20,22)/t15-,18-,19+/m0/s1. The van der Waals surface area contributed by atoms with Gasteiger partial charge < -0.3 is 15.6 Å². The first-order chi connectivity index (χ1) is 11.5. The summed E-state index contributed by atoms with van der Waals surface area (Å²) in [4.78, 5) is 13.7. The number of aliphatic hydroxyl groups is 1. The molecule has 1 saturated carbocycles. The first kappa shape index (κ1) is 17.2. The number of rotatable bonds is 5. The Morgan fingerprint density at radius 3 is 2.92 bits per heavy atom. The number of carbonyl (C=O) groups is 1. The smallest absolute Gasteiger partial charge is 0.231 e. The highest BCUT2D eigenvalue weighted by molar-refractivity contribution is 5.76. The second-order valence-corrected chi connectivity index (χ2v) is 7.06. The molecular formula is C19H28N2O3. The normalized spacial score (nSPS) is 30.6. The number of piperidine rings is 1. The Morgan fingerprint density at radius 1 is 1.38 bits per heavy atom. The number of nitrogens with zero attached hydrogens (tertiary/aromatic N) is 1. The molecule has 3 atom stereocenters. The first-order valence-electron chi connectivity index (χ1n) is 9.01. The molecule has 0 radical (unpaired) electrons. The molecule has 1 aromatic carbocycles. The maximum Gasteiger partial charge on any atom is 0.231 e. The van der Waals surface area contributed by atoms with Gasteiger partial charge in [-0.15, -0.1) is 0 Å². The van der Waals surface area contributed by atoms with Crippen LogP contribution in [0.4, 0.5) is 0 Å². The van der Waals surface area contributed by atoms with Crippen LogP contribution in [-0.2, 0) is 4.79 Å². The first-order valence-corrected chi connectivity index (χ1v) is 9.01. The van der Waals surface area contributed by atoms with Gasteiger partial charge in [-0.2, -0.15) is 0 Å². The van der Waals surface area contributed by atoms with Crippen LogP contribution in [0.3, 0.4) is 0 Å². The topological polar surface area (TPSA) is 75.8 Å². The van der Waals surface area contributed by atoms with E-state index in [-0.39, 0.29) is 24.4 Å². The van der Waals surface area contributed by atoms with Gasteiger partial charge in [0.05, 0.1) is 18.8 Å². The van der Waals surface area contributed by atoms with Gasteiger partial charge in [-0.3, -0.25) is 9.69 Å². The molecule has 2 fully saturated rings. The number of carbonyl (C=O) groups excluding carboxylic acids is 1. The minimum Gasteiger partial charge on any atom is -0.494 e. The van der Waals surface area contributed by atoms with Crippen molar-refractivity contribution in [1.29, 1.82) is 0 Å². The molecule has 5 heteroatoms. The molecule has 5 nitrogen and oxygen atoms in total. The Bertz CT molecular complexity index is 592. The third-order valence-electron chi connectivity index (χ3n) is 5.57. The highest BCUT2D eigenvalue weighted by atomic mass is 16.5. The summed E-state index contributed by atoms with van der Waals surface area (Å²) in [5.41, 5.74) is 5.91. The SMILES string of the molecule is CCOc1ccccc1[C@H]1[C@@H]2CCCC[C@@]2(O)CCN1CC(N)=O. The monoisotopic (exact) mass is 332 g/mol. The molecule has 1 amide bonds. The molecule has 0 unspecified atom stereocenters. The van der Waals surface area contributed by atoms with Crippen LogP contribution in [0.15, 0.2) is 24.3 Å². The minimum atomic E-state index is -0.642. The maximum atomic E-state index is 11.6. The number of para-hydroxylation sites is 1. The van der Waals surface area contributed by atoms with Gasteiger partial charge in [0.25, 0.3) is 0 Å². The Labute approximate surface area is 143 Å². The maximum absolute atomic E-state index is 11.6. The van der Waals surface area contributed by atoms with Gasteiger partial charge in [0.2, 0.25) is 5.91 Å². The Hall–Kier alpha value is -1.59. The molecule has 0 bridgehead atoms. The average molecular weight is 332 g/mol. The third kappa shape index (κ3) is 3.28. The van der Waals surface area contributed by atoms with Gasteiger partial charge >= 0.3 is 0 Å². The molecule has 132 valence electrons. The van der Waals surface area contributed by atoms with Gasteiger partial charge in [-0.25, -0.2) is 0 Å². The summed E-state index contributed by atoms with van der Waals surface area (Å²) >= 11 is 0. The number of ether oxygens (including phenoxy) is 1. The summed E-state index contributed by atoms with van der Waals surface area (Å²) in [6.45, 7) is 3.46. The molecular weight excluding hydrogens is 304 g/mol. The summed E-state index contributed by atoms with van der Waals surface area (Å²) in [5, 5.41) is 11.2. The van der Waals surface area contributed by atoms with Crippen molar-refractivity contribution in [2.24, 2.45) is 11.7 Å². The average Bonchev–Trinajstić information content (AvgIpc) is 2.55. The summed E-state index contributed by atoms with van der Waals surface area (Å²) in [7, 11) is 0. The lowest BCUT2D eigenvalue weighted by Gasteiger charge is -2.52. The fraction of sp³-hybridized carbons (Fsp3) is 0.632. The lowest BCUT2D eigenvalue weighted by atomic mass is 9.66. The fourth-order valence-corrected chi connectivity index (χ4v) is 4.55. The quantitative estimate of drug-likeness (QED) is 0.867. The molecule has 0 spiro atoms. The van der Waals surface area contributed by atoms with E-state index in [2.05, 4.69) is 11.0 Å². The number of hydrogen-bond donors (Lipinski definition) is 2. The molecule has 1 aliphatic carbocycles. The number of likely N-dealkylation sites (tertiary alicyclic amines) is 1. The molecule has 1 heterocycles. The van der Waals surface area contributed by atoms with Gasteiger partial charge in [0.15, 0.2) is 0 Å².